The maximum atomic E-state index is 3.58. The summed E-state index contributed by atoms with van der Waals surface area (Å²) in [7, 11) is 0. The number of hydrogen-bond acceptors (Lipinski definition) is 1. The van der Waals surface area contributed by atoms with Crippen molar-refractivity contribution in [3.63, 3.8) is 0 Å². The minimum atomic E-state index is 0.332. The lowest BCUT2D eigenvalue weighted by Gasteiger charge is -2.28. The largest absolute Gasteiger partial charge is 0.310 e. The summed E-state index contributed by atoms with van der Waals surface area (Å²) < 4.78 is 2.16. The van der Waals surface area contributed by atoms with Crippen molar-refractivity contribution in [1.29, 1.82) is 0 Å². The van der Waals surface area contributed by atoms with E-state index in [-0.39, 0.29) is 0 Å². The Morgan fingerprint density at radius 1 is 0.588 bits per heavy atom. The molecule has 0 amide bonds. The molecule has 2 aliphatic rings. The van der Waals surface area contributed by atoms with Crippen LogP contribution < -0.4 is 4.90 Å². The molecule has 34 heavy (non-hydrogen) atoms. The molecule has 170 valence electrons. The van der Waals surface area contributed by atoms with Crippen LogP contribution >= 0.6 is 31.9 Å². The van der Waals surface area contributed by atoms with Crippen molar-refractivity contribution < 1.29 is 0 Å². The summed E-state index contributed by atoms with van der Waals surface area (Å²) in [5.41, 5.74) is 9.84. The Morgan fingerprint density at radius 2 is 1.15 bits per heavy atom. The average molecular weight is 573 g/mol. The molecule has 0 spiro atoms. The maximum absolute atomic E-state index is 3.58. The quantitative estimate of drug-likeness (QED) is 0.235. The minimum Gasteiger partial charge on any atom is -0.310 e. The van der Waals surface area contributed by atoms with E-state index in [4.69, 9.17) is 0 Å². The third-order valence-corrected chi connectivity index (χ3v) is 8.99. The van der Waals surface area contributed by atoms with E-state index in [1.54, 1.807) is 11.1 Å². The molecule has 2 atom stereocenters. The molecule has 1 fully saturated rings. The van der Waals surface area contributed by atoms with Crippen LogP contribution in [-0.4, -0.2) is 0 Å². The van der Waals surface area contributed by atoms with Gasteiger partial charge >= 0.3 is 0 Å². The zero-order valence-electron chi connectivity index (χ0n) is 19.5. The minimum absolute atomic E-state index is 0.332. The second-order valence-corrected chi connectivity index (χ2v) is 12.2. The average Bonchev–Trinajstić information content (AvgIpc) is 3.29. The molecule has 0 heterocycles. The van der Waals surface area contributed by atoms with Crippen molar-refractivity contribution in [2.45, 2.75) is 43.9 Å². The van der Waals surface area contributed by atoms with Crippen molar-refractivity contribution in [1.82, 2.24) is 0 Å². The first-order valence-electron chi connectivity index (χ1n) is 11.9. The molecule has 2 aliphatic carbocycles. The van der Waals surface area contributed by atoms with Crippen LogP contribution in [-0.2, 0) is 10.8 Å². The van der Waals surface area contributed by atoms with Crippen LogP contribution in [0.5, 0.6) is 0 Å². The number of anilines is 3. The van der Waals surface area contributed by atoms with Crippen LogP contribution in [0.4, 0.5) is 17.1 Å². The highest BCUT2D eigenvalue weighted by atomic mass is 79.9. The van der Waals surface area contributed by atoms with Gasteiger partial charge in [-0.25, -0.2) is 0 Å². The Hall–Kier alpha value is -2.36. The van der Waals surface area contributed by atoms with Gasteiger partial charge in [-0.2, -0.15) is 0 Å². The summed E-state index contributed by atoms with van der Waals surface area (Å²) in [6.45, 7) is 4.92. The van der Waals surface area contributed by atoms with E-state index < -0.39 is 0 Å². The van der Waals surface area contributed by atoms with Gasteiger partial charge in [-0.1, -0.05) is 76.0 Å². The monoisotopic (exact) mass is 571 g/mol. The molecule has 1 nitrogen and oxygen atoms in total. The van der Waals surface area contributed by atoms with Crippen molar-refractivity contribution in [3.05, 3.63) is 111 Å². The number of halogens is 2. The molecule has 0 radical (unpaired) electrons. The van der Waals surface area contributed by atoms with Crippen molar-refractivity contribution in [2.24, 2.45) is 0 Å². The van der Waals surface area contributed by atoms with Crippen molar-refractivity contribution in [3.8, 4) is 11.1 Å². The molecular formula is C31H27Br2N. The van der Waals surface area contributed by atoms with Crippen molar-refractivity contribution >= 4 is 48.9 Å². The standard InChI is InChI=1S/C31H27Br2N/c1-30-16-17-31(2,20-30)29-19-22(6-15-28(29)30)21-4-3-5-27(18-21)34(25-11-7-23(32)8-12-25)26-13-9-24(33)10-14-26/h3-15,18-19H,16-17,20H2,1-2H3. The molecule has 0 N–H and O–H groups in total. The summed E-state index contributed by atoms with van der Waals surface area (Å²) in [5.74, 6) is 0. The van der Waals surface area contributed by atoms with E-state index in [0.717, 1.165) is 26.0 Å². The molecule has 0 aromatic heterocycles. The first kappa shape index (κ1) is 22.1. The topological polar surface area (TPSA) is 3.24 Å². The molecule has 3 heteroatoms. The lowest BCUT2D eigenvalue weighted by Crippen LogP contribution is -2.17. The van der Waals surface area contributed by atoms with Gasteiger partial charge in [0.1, 0.15) is 0 Å². The third-order valence-electron chi connectivity index (χ3n) is 7.94. The fraction of sp³-hybridized carbons (Fsp3) is 0.226. The Balaban J connectivity index is 1.44. The molecule has 4 aromatic rings. The highest BCUT2D eigenvalue weighted by Crippen LogP contribution is 2.60. The SMILES string of the molecule is CC12CCC(C)(C1)c1cc(-c3cccc(N(c4ccc(Br)cc4)c4ccc(Br)cc4)c3)ccc12. The number of hydrogen-bond donors (Lipinski definition) is 0. The second-order valence-electron chi connectivity index (χ2n) is 10.4. The van der Waals surface area contributed by atoms with Crippen molar-refractivity contribution in [2.75, 3.05) is 4.90 Å². The van der Waals surface area contributed by atoms with Gasteiger partial charge in [0.25, 0.3) is 0 Å². The predicted octanol–water partition coefficient (Wildman–Crippen LogP) is 10.1. The van der Waals surface area contributed by atoms with E-state index >= 15 is 0 Å². The first-order valence-corrected chi connectivity index (χ1v) is 13.5. The van der Waals surface area contributed by atoms with Crippen LogP contribution in [0, 0.1) is 0 Å². The van der Waals surface area contributed by atoms with Crippen LogP contribution in [0.25, 0.3) is 11.1 Å². The highest BCUT2D eigenvalue weighted by molar-refractivity contribution is 9.10. The fourth-order valence-electron chi connectivity index (χ4n) is 6.25. The van der Waals surface area contributed by atoms with E-state index in [1.807, 2.05) is 0 Å². The molecular weight excluding hydrogens is 546 g/mol. The third kappa shape index (κ3) is 3.65. The zero-order valence-corrected chi connectivity index (χ0v) is 22.7. The summed E-state index contributed by atoms with van der Waals surface area (Å²) in [6.07, 6.45) is 3.92. The van der Waals surface area contributed by atoms with Gasteiger partial charge in [-0.3, -0.25) is 0 Å². The van der Waals surface area contributed by atoms with Gasteiger partial charge in [0, 0.05) is 26.0 Å². The normalized spacial score (nSPS) is 22.6. The number of rotatable bonds is 4. The van der Waals surface area contributed by atoms with Gasteiger partial charge < -0.3 is 4.90 Å². The molecule has 6 rings (SSSR count). The lowest BCUT2D eigenvalue weighted by molar-refractivity contribution is 0.484. The van der Waals surface area contributed by atoms with Crippen LogP contribution in [0.3, 0.4) is 0 Å². The van der Waals surface area contributed by atoms with Gasteiger partial charge in [-0.05, 0) is 113 Å². The van der Waals surface area contributed by atoms with Crippen LogP contribution in [0.1, 0.15) is 44.2 Å². The van der Waals surface area contributed by atoms with Gasteiger partial charge in [0.05, 0.1) is 0 Å². The van der Waals surface area contributed by atoms with Crippen LogP contribution in [0.15, 0.2) is 99.9 Å². The fourth-order valence-corrected chi connectivity index (χ4v) is 6.78. The van der Waals surface area contributed by atoms with Crippen LogP contribution in [0.2, 0.25) is 0 Å². The van der Waals surface area contributed by atoms with E-state index in [1.165, 1.54) is 30.4 Å². The predicted molar refractivity (Wildman–Crippen MR) is 151 cm³/mol. The van der Waals surface area contributed by atoms with E-state index in [2.05, 4.69) is 142 Å². The molecule has 0 saturated heterocycles. The maximum Gasteiger partial charge on any atom is 0.0467 e. The smallest absolute Gasteiger partial charge is 0.0467 e. The van der Waals surface area contributed by atoms with Gasteiger partial charge in [0.2, 0.25) is 0 Å². The summed E-state index contributed by atoms with van der Waals surface area (Å²) in [5, 5.41) is 0. The Kier molecular flexibility index (Phi) is 5.27. The summed E-state index contributed by atoms with van der Waals surface area (Å²) in [6, 6.07) is 33.2. The highest BCUT2D eigenvalue weighted by Gasteiger charge is 2.52. The Bertz CT molecular complexity index is 1330. The van der Waals surface area contributed by atoms with E-state index in [0.29, 0.717) is 10.8 Å². The molecule has 4 aromatic carbocycles. The molecule has 2 bridgehead atoms. The first-order chi connectivity index (χ1) is 16.3. The molecule has 0 aliphatic heterocycles. The van der Waals surface area contributed by atoms with E-state index in [9.17, 15) is 0 Å². The van der Waals surface area contributed by atoms with Gasteiger partial charge in [0.15, 0.2) is 0 Å². The molecule has 2 unspecified atom stereocenters. The Morgan fingerprint density at radius 3 is 1.76 bits per heavy atom. The number of fused-ring (bicyclic) bond motifs is 5. The molecule has 1 saturated carbocycles. The number of nitrogens with zero attached hydrogens (tertiary/aromatic N) is 1. The Labute approximate surface area is 219 Å². The summed E-state index contributed by atoms with van der Waals surface area (Å²) >= 11 is 7.16. The lowest BCUT2D eigenvalue weighted by atomic mass is 9.77. The summed E-state index contributed by atoms with van der Waals surface area (Å²) in [4.78, 5) is 2.32. The number of benzene rings is 4. The zero-order chi connectivity index (χ0) is 23.5. The second kappa shape index (κ2) is 8.10. The van der Waals surface area contributed by atoms with Gasteiger partial charge in [-0.15, -0.1) is 0 Å².